The highest BCUT2D eigenvalue weighted by Crippen LogP contribution is 2.32. The van der Waals surface area contributed by atoms with Gasteiger partial charge in [0.05, 0.1) is 17.5 Å². The van der Waals surface area contributed by atoms with Crippen molar-refractivity contribution in [1.29, 1.82) is 0 Å². The topological polar surface area (TPSA) is 38.8 Å². The molecule has 3 rings (SSSR count). The molecule has 0 N–H and O–H groups in total. The van der Waals surface area contributed by atoms with Crippen molar-refractivity contribution in [2.45, 2.75) is 38.0 Å². The summed E-state index contributed by atoms with van der Waals surface area (Å²) in [4.78, 5) is 15.3. The van der Waals surface area contributed by atoms with E-state index >= 15 is 0 Å². The van der Waals surface area contributed by atoms with Gasteiger partial charge < -0.3 is 14.4 Å². The van der Waals surface area contributed by atoms with Crippen LogP contribution in [0.15, 0.2) is 17.5 Å². The van der Waals surface area contributed by atoms with E-state index in [4.69, 9.17) is 9.47 Å². The summed E-state index contributed by atoms with van der Waals surface area (Å²) in [6.45, 7) is 4.09. The molecule has 1 aromatic heterocycles. The van der Waals surface area contributed by atoms with Crippen LogP contribution >= 0.6 is 11.3 Å². The first kappa shape index (κ1) is 13.1. The highest BCUT2D eigenvalue weighted by atomic mass is 32.1. The molecule has 0 radical (unpaired) electrons. The third-order valence-electron chi connectivity index (χ3n) is 3.85. The van der Waals surface area contributed by atoms with Crippen molar-refractivity contribution in [3.8, 4) is 0 Å². The van der Waals surface area contributed by atoms with Gasteiger partial charge in [0.1, 0.15) is 12.2 Å². The predicted molar refractivity (Wildman–Crippen MR) is 73.5 cm³/mol. The fraction of sp³-hybridized carbons (Fsp3) is 0.643. The minimum absolute atomic E-state index is 0.0270. The third-order valence-corrected chi connectivity index (χ3v) is 4.71. The van der Waals surface area contributed by atoms with E-state index in [0.29, 0.717) is 13.2 Å². The zero-order chi connectivity index (χ0) is 13.2. The lowest BCUT2D eigenvalue weighted by Gasteiger charge is -2.31. The van der Waals surface area contributed by atoms with Crippen LogP contribution in [0.4, 0.5) is 0 Å². The molecule has 2 saturated heterocycles. The predicted octanol–water partition coefficient (Wildman–Crippen LogP) is 2.16. The Labute approximate surface area is 117 Å². The minimum Gasteiger partial charge on any atom is -0.374 e. The molecule has 2 aliphatic rings. The van der Waals surface area contributed by atoms with Gasteiger partial charge in [-0.05, 0) is 31.2 Å². The van der Waals surface area contributed by atoms with Crippen LogP contribution < -0.4 is 0 Å². The van der Waals surface area contributed by atoms with Crippen LogP contribution in [-0.4, -0.2) is 48.8 Å². The van der Waals surface area contributed by atoms with Gasteiger partial charge in [-0.25, -0.2) is 0 Å². The first-order chi connectivity index (χ1) is 9.31. The van der Waals surface area contributed by atoms with Crippen molar-refractivity contribution in [1.82, 2.24) is 4.90 Å². The molecule has 2 aliphatic heterocycles. The first-order valence-electron chi connectivity index (χ1n) is 6.89. The highest BCUT2D eigenvalue weighted by Gasteiger charge is 2.46. The van der Waals surface area contributed by atoms with Crippen LogP contribution in [0.5, 0.6) is 0 Å². The van der Waals surface area contributed by atoms with E-state index < -0.39 is 0 Å². The smallest absolute Gasteiger partial charge is 0.264 e. The number of likely N-dealkylation sites (tertiary alicyclic amines) is 1. The van der Waals surface area contributed by atoms with Gasteiger partial charge in [0.2, 0.25) is 0 Å². The van der Waals surface area contributed by atoms with E-state index in [2.05, 4.69) is 0 Å². The van der Waals surface area contributed by atoms with Crippen LogP contribution in [0.25, 0.3) is 0 Å². The molecule has 0 unspecified atom stereocenters. The number of nitrogens with zero attached hydrogens (tertiary/aromatic N) is 1. The fourth-order valence-corrected chi connectivity index (χ4v) is 3.72. The molecule has 1 amide bonds. The van der Waals surface area contributed by atoms with E-state index in [0.717, 1.165) is 24.3 Å². The van der Waals surface area contributed by atoms with Gasteiger partial charge in [0.15, 0.2) is 0 Å². The molecule has 3 heterocycles. The van der Waals surface area contributed by atoms with Gasteiger partial charge in [0, 0.05) is 13.2 Å². The molecule has 1 aromatic rings. The number of hydrogen-bond donors (Lipinski definition) is 0. The van der Waals surface area contributed by atoms with Gasteiger partial charge >= 0.3 is 0 Å². The van der Waals surface area contributed by atoms with E-state index in [9.17, 15) is 4.79 Å². The molecule has 0 aromatic carbocycles. The lowest BCUT2D eigenvalue weighted by Crippen LogP contribution is -2.43. The molecular formula is C14H19NO3S. The molecule has 3 atom stereocenters. The number of fused-ring (bicyclic) bond motifs is 1. The van der Waals surface area contributed by atoms with Gasteiger partial charge in [0.25, 0.3) is 5.91 Å². The van der Waals surface area contributed by atoms with E-state index in [1.165, 1.54) is 11.3 Å². The van der Waals surface area contributed by atoms with Crippen molar-refractivity contribution in [2.24, 2.45) is 0 Å². The van der Waals surface area contributed by atoms with Gasteiger partial charge in [-0.1, -0.05) is 6.07 Å². The van der Waals surface area contributed by atoms with Gasteiger partial charge in [-0.15, -0.1) is 11.3 Å². The van der Waals surface area contributed by atoms with Crippen molar-refractivity contribution >= 4 is 17.2 Å². The lowest BCUT2D eigenvalue weighted by atomic mass is 10.0. The Morgan fingerprint density at radius 1 is 1.63 bits per heavy atom. The summed E-state index contributed by atoms with van der Waals surface area (Å²) in [5, 5.41) is 1.94. The Morgan fingerprint density at radius 3 is 3.26 bits per heavy atom. The Bertz CT molecular complexity index is 434. The lowest BCUT2D eigenvalue weighted by molar-refractivity contribution is -0.0737. The second-order valence-corrected chi connectivity index (χ2v) is 5.92. The third kappa shape index (κ3) is 2.42. The number of carbonyl (C=O) groups is 1. The molecule has 4 nitrogen and oxygen atoms in total. The van der Waals surface area contributed by atoms with Gasteiger partial charge in [-0.3, -0.25) is 4.79 Å². The van der Waals surface area contributed by atoms with Crippen LogP contribution in [-0.2, 0) is 9.47 Å². The first-order valence-corrected chi connectivity index (χ1v) is 7.77. The standard InChI is InChI=1S/C14H19NO3S/c1-2-17-11-9-15(10-5-3-7-18-13(10)11)14(16)12-6-4-8-19-12/h4,6,8,10-11,13H,2-3,5,7,9H2,1H3/t10-,11+,13+/m1/s1. The van der Waals surface area contributed by atoms with Crippen molar-refractivity contribution in [3.05, 3.63) is 22.4 Å². The number of hydrogen-bond acceptors (Lipinski definition) is 4. The summed E-state index contributed by atoms with van der Waals surface area (Å²) < 4.78 is 11.6. The SMILES string of the molecule is CCO[C@H]1CN(C(=O)c2cccs2)[C@@H]2CCCO[C@H]12. The monoisotopic (exact) mass is 281 g/mol. The average molecular weight is 281 g/mol. The second kappa shape index (κ2) is 5.61. The number of amides is 1. The molecular weight excluding hydrogens is 262 g/mol. The maximum absolute atomic E-state index is 12.5. The fourth-order valence-electron chi connectivity index (χ4n) is 3.05. The maximum Gasteiger partial charge on any atom is 0.264 e. The van der Waals surface area contributed by atoms with Crippen molar-refractivity contribution < 1.29 is 14.3 Å². The number of carbonyl (C=O) groups excluding carboxylic acids is 1. The van der Waals surface area contributed by atoms with Crippen molar-refractivity contribution in [2.75, 3.05) is 19.8 Å². The van der Waals surface area contributed by atoms with Crippen LogP contribution in [0, 0.1) is 0 Å². The zero-order valence-electron chi connectivity index (χ0n) is 11.1. The molecule has 0 saturated carbocycles. The summed E-state index contributed by atoms with van der Waals surface area (Å²) in [5.74, 6) is 0.123. The number of rotatable bonds is 3. The van der Waals surface area contributed by atoms with Crippen LogP contribution in [0.3, 0.4) is 0 Å². The summed E-state index contributed by atoms with van der Waals surface area (Å²) in [7, 11) is 0. The quantitative estimate of drug-likeness (QED) is 0.852. The van der Waals surface area contributed by atoms with Gasteiger partial charge in [-0.2, -0.15) is 0 Å². The summed E-state index contributed by atoms with van der Waals surface area (Å²) in [6.07, 6.45) is 2.12. The zero-order valence-corrected chi connectivity index (χ0v) is 11.9. The van der Waals surface area contributed by atoms with Crippen molar-refractivity contribution in [3.63, 3.8) is 0 Å². The molecule has 2 fully saturated rings. The number of thiophene rings is 1. The Kier molecular flexibility index (Phi) is 3.86. The maximum atomic E-state index is 12.5. The van der Waals surface area contributed by atoms with Crippen LogP contribution in [0.1, 0.15) is 29.4 Å². The summed E-state index contributed by atoms with van der Waals surface area (Å²) in [5.41, 5.74) is 0. The summed E-state index contributed by atoms with van der Waals surface area (Å²) in [6, 6.07) is 3.99. The second-order valence-electron chi connectivity index (χ2n) is 4.97. The molecule has 0 spiro atoms. The summed E-state index contributed by atoms with van der Waals surface area (Å²) >= 11 is 1.50. The molecule has 0 bridgehead atoms. The Morgan fingerprint density at radius 2 is 2.53 bits per heavy atom. The molecule has 0 aliphatic carbocycles. The van der Waals surface area contributed by atoms with E-state index in [-0.39, 0.29) is 24.2 Å². The largest absolute Gasteiger partial charge is 0.374 e. The Hall–Kier alpha value is -0.910. The normalized spacial score (nSPS) is 30.4. The average Bonchev–Trinajstić information content (AvgIpc) is 3.07. The molecule has 5 heteroatoms. The molecule has 19 heavy (non-hydrogen) atoms. The Balaban J connectivity index is 1.79. The van der Waals surface area contributed by atoms with E-state index in [1.54, 1.807) is 0 Å². The number of ether oxygens (including phenoxy) is 2. The minimum atomic E-state index is 0.0270. The van der Waals surface area contributed by atoms with Crippen LogP contribution in [0.2, 0.25) is 0 Å². The molecule has 104 valence electrons. The highest BCUT2D eigenvalue weighted by molar-refractivity contribution is 7.12. The van der Waals surface area contributed by atoms with E-state index in [1.807, 2.05) is 29.3 Å².